The number of carbonyl (C=O) groups is 4. The lowest BCUT2D eigenvalue weighted by atomic mass is 10.00. The first-order chi connectivity index (χ1) is 41.9. The second-order valence-corrected chi connectivity index (χ2v) is 27.5. The van der Waals surface area contributed by atoms with Gasteiger partial charge in [-0.25, -0.2) is 9.13 Å². The highest BCUT2D eigenvalue weighted by Crippen LogP contribution is 2.45. The van der Waals surface area contributed by atoms with Gasteiger partial charge in [-0.05, 0) is 63.2 Å². The Morgan fingerprint density at radius 3 is 1.03 bits per heavy atom. The maximum absolute atomic E-state index is 13.0. The van der Waals surface area contributed by atoms with E-state index in [1.165, 1.54) is 109 Å². The molecular weight excluding hydrogens is 1150 g/mol. The minimum absolute atomic E-state index is 0.0841. The summed E-state index contributed by atoms with van der Waals surface area (Å²) in [6.07, 6.45) is 46.6. The van der Waals surface area contributed by atoms with Gasteiger partial charge in [0.05, 0.1) is 26.4 Å². The van der Waals surface area contributed by atoms with Crippen LogP contribution in [-0.4, -0.2) is 96.7 Å². The van der Waals surface area contributed by atoms with E-state index in [1.807, 2.05) is 0 Å². The second-order valence-electron chi connectivity index (χ2n) is 24.6. The van der Waals surface area contributed by atoms with Crippen LogP contribution >= 0.6 is 15.6 Å². The molecule has 19 heteroatoms. The predicted octanol–water partition coefficient (Wildman–Crippen LogP) is 18.8. The van der Waals surface area contributed by atoms with Crippen molar-refractivity contribution in [1.82, 2.24) is 0 Å². The van der Waals surface area contributed by atoms with Crippen LogP contribution < -0.4 is 0 Å². The Kier molecular flexibility index (Phi) is 58.1. The first kappa shape index (κ1) is 84.5. The van der Waals surface area contributed by atoms with E-state index >= 15 is 0 Å². The molecule has 0 aliphatic heterocycles. The van der Waals surface area contributed by atoms with Crippen LogP contribution in [0.4, 0.5) is 0 Å². The molecule has 0 radical (unpaired) electrons. The number of esters is 4. The van der Waals surface area contributed by atoms with E-state index in [1.54, 1.807) is 0 Å². The average Bonchev–Trinajstić information content (AvgIpc) is 3.55. The molecule has 3 unspecified atom stereocenters. The topological polar surface area (TPSA) is 237 Å². The van der Waals surface area contributed by atoms with Crippen LogP contribution in [0.5, 0.6) is 0 Å². The summed E-state index contributed by atoms with van der Waals surface area (Å²) in [6.45, 7) is 9.38. The Morgan fingerprint density at radius 2 is 0.678 bits per heavy atom. The summed E-state index contributed by atoms with van der Waals surface area (Å²) in [4.78, 5) is 72.4. The lowest BCUT2D eigenvalue weighted by Crippen LogP contribution is -2.30. The van der Waals surface area contributed by atoms with E-state index < -0.39 is 97.5 Å². The van der Waals surface area contributed by atoms with Crippen LogP contribution in [0.25, 0.3) is 0 Å². The standard InChI is InChI=1S/C68H128O17P2/c1-7-10-12-14-16-18-20-21-22-23-25-27-33-41-47-53-68(73)84-63(56-78-65(70)50-44-38-31-29-28-30-36-42-48-60(4)5)58-82-86(74,75)80-54-62(69)55-81-87(76,77)83-59-64(57-79-66(71)51-45-39-35-34-37-43-49-61(6)9-3)85-67(72)52-46-40-32-26-24-19-17-15-13-11-8-2/h18,20-22,60-64,69H,7-17,19,23-59H2,1-6H3,(H,74,75)(H,76,77)/b20-18-,22-21-/t61?,62-,63-,64-/m1/s1. The number of phosphoric acid groups is 2. The highest BCUT2D eigenvalue weighted by Gasteiger charge is 2.30. The van der Waals surface area contributed by atoms with E-state index in [0.717, 1.165) is 127 Å². The quantitative estimate of drug-likeness (QED) is 0.0169. The van der Waals surface area contributed by atoms with Crippen molar-refractivity contribution in [1.29, 1.82) is 0 Å². The van der Waals surface area contributed by atoms with Crippen molar-refractivity contribution in [2.45, 2.75) is 336 Å². The van der Waals surface area contributed by atoms with Crippen molar-refractivity contribution in [2.24, 2.45) is 11.8 Å². The van der Waals surface area contributed by atoms with Crippen LogP contribution in [0.2, 0.25) is 0 Å². The van der Waals surface area contributed by atoms with Gasteiger partial charge >= 0.3 is 39.5 Å². The van der Waals surface area contributed by atoms with Gasteiger partial charge in [0.2, 0.25) is 0 Å². The van der Waals surface area contributed by atoms with E-state index in [-0.39, 0.29) is 25.7 Å². The third-order valence-corrected chi connectivity index (χ3v) is 17.3. The maximum atomic E-state index is 13.0. The molecule has 0 aromatic rings. The summed E-state index contributed by atoms with van der Waals surface area (Å²) in [7, 11) is -9.91. The summed E-state index contributed by atoms with van der Waals surface area (Å²) in [5.74, 6) is -0.707. The average molecular weight is 1280 g/mol. The van der Waals surface area contributed by atoms with Crippen molar-refractivity contribution >= 4 is 39.5 Å². The molecule has 0 fully saturated rings. The van der Waals surface area contributed by atoms with Gasteiger partial charge in [0.25, 0.3) is 0 Å². The highest BCUT2D eigenvalue weighted by molar-refractivity contribution is 7.47. The van der Waals surface area contributed by atoms with Crippen molar-refractivity contribution in [3.8, 4) is 0 Å². The maximum Gasteiger partial charge on any atom is 0.472 e. The summed E-state index contributed by atoms with van der Waals surface area (Å²) in [5.41, 5.74) is 0. The zero-order valence-corrected chi connectivity index (χ0v) is 57.6. The molecule has 0 amide bonds. The predicted molar refractivity (Wildman–Crippen MR) is 349 cm³/mol. The summed E-state index contributed by atoms with van der Waals surface area (Å²) < 4.78 is 68.1. The van der Waals surface area contributed by atoms with Crippen molar-refractivity contribution < 1.29 is 80.2 Å². The van der Waals surface area contributed by atoms with Gasteiger partial charge in [-0.2, -0.15) is 0 Å². The monoisotopic (exact) mass is 1280 g/mol. The van der Waals surface area contributed by atoms with E-state index in [0.29, 0.717) is 25.7 Å². The molecular formula is C68H128O17P2. The minimum Gasteiger partial charge on any atom is -0.462 e. The Morgan fingerprint density at radius 1 is 0.379 bits per heavy atom. The van der Waals surface area contributed by atoms with Crippen LogP contribution in [0.15, 0.2) is 24.3 Å². The third kappa shape index (κ3) is 60.9. The lowest BCUT2D eigenvalue weighted by molar-refractivity contribution is -0.161. The molecule has 6 atom stereocenters. The van der Waals surface area contributed by atoms with Gasteiger partial charge in [-0.15, -0.1) is 0 Å². The van der Waals surface area contributed by atoms with Crippen LogP contribution in [0, 0.1) is 11.8 Å². The molecule has 0 bridgehead atoms. The molecule has 3 N–H and O–H groups in total. The molecule has 0 aliphatic rings. The lowest BCUT2D eigenvalue weighted by Gasteiger charge is -2.21. The van der Waals surface area contributed by atoms with Crippen molar-refractivity contribution in [3.05, 3.63) is 24.3 Å². The number of aliphatic hydroxyl groups excluding tert-OH is 1. The minimum atomic E-state index is -4.96. The number of ether oxygens (including phenoxy) is 4. The highest BCUT2D eigenvalue weighted by atomic mass is 31.2. The summed E-state index contributed by atoms with van der Waals surface area (Å²) >= 11 is 0. The van der Waals surface area contributed by atoms with Gasteiger partial charge < -0.3 is 33.8 Å². The molecule has 87 heavy (non-hydrogen) atoms. The Hall–Kier alpha value is -2.46. The smallest absolute Gasteiger partial charge is 0.462 e. The molecule has 17 nitrogen and oxygen atoms in total. The van der Waals surface area contributed by atoms with E-state index in [9.17, 15) is 43.2 Å². The number of carbonyl (C=O) groups excluding carboxylic acids is 4. The number of unbranched alkanes of at least 4 members (excludes halogenated alkanes) is 31. The third-order valence-electron chi connectivity index (χ3n) is 15.4. The summed E-state index contributed by atoms with van der Waals surface area (Å²) in [6, 6.07) is 0. The zero-order chi connectivity index (χ0) is 64.3. The molecule has 0 saturated heterocycles. The van der Waals surface area contributed by atoms with Gasteiger partial charge in [-0.3, -0.25) is 37.3 Å². The van der Waals surface area contributed by atoms with Gasteiger partial charge in [0, 0.05) is 25.7 Å². The van der Waals surface area contributed by atoms with Gasteiger partial charge in [0.15, 0.2) is 12.2 Å². The molecule has 0 aromatic carbocycles. The zero-order valence-electron chi connectivity index (χ0n) is 55.8. The van der Waals surface area contributed by atoms with E-state index in [4.69, 9.17) is 37.0 Å². The SMILES string of the molecule is CCCCCC/C=C\C=C/CCCCCCCC(=O)O[C@H](COC(=O)CCCCCCCCCCC(C)C)COP(=O)(O)OC[C@@H](O)COP(=O)(O)OC[C@@H](COC(=O)CCCCCCCCC(C)CC)OC(=O)CCCCCCCCCCCCC. The fraction of sp³-hybridized carbons (Fsp3) is 0.882. The number of rotatable bonds is 65. The Bertz CT molecular complexity index is 1800. The Labute approximate surface area is 529 Å². The molecule has 512 valence electrons. The Balaban J connectivity index is 5.29. The number of allylic oxidation sites excluding steroid dienone is 4. The van der Waals surface area contributed by atoms with Crippen molar-refractivity contribution in [3.63, 3.8) is 0 Å². The summed E-state index contributed by atoms with van der Waals surface area (Å²) in [5, 5.41) is 10.6. The number of hydrogen-bond donors (Lipinski definition) is 3. The molecule has 0 saturated carbocycles. The van der Waals surface area contributed by atoms with Gasteiger partial charge in [0.1, 0.15) is 19.3 Å². The molecule has 0 spiro atoms. The molecule has 0 aliphatic carbocycles. The normalized spacial score (nSPS) is 14.7. The number of hydrogen-bond acceptors (Lipinski definition) is 15. The first-order valence-electron chi connectivity index (χ1n) is 34.8. The first-order valence-corrected chi connectivity index (χ1v) is 37.8. The fourth-order valence-electron chi connectivity index (χ4n) is 9.67. The number of aliphatic hydroxyl groups is 1. The van der Waals surface area contributed by atoms with Crippen LogP contribution in [-0.2, 0) is 65.4 Å². The van der Waals surface area contributed by atoms with Crippen LogP contribution in [0.3, 0.4) is 0 Å². The molecule has 0 heterocycles. The van der Waals surface area contributed by atoms with Gasteiger partial charge in [-0.1, -0.05) is 265 Å². The molecule has 0 aromatic heterocycles. The van der Waals surface area contributed by atoms with E-state index in [2.05, 4.69) is 65.8 Å². The fourth-order valence-corrected chi connectivity index (χ4v) is 11.2. The molecule has 0 rings (SSSR count). The van der Waals surface area contributed by atoms with Crippen molar-refractivity contribution in [2.75, 3.05) is 39.6 Å². The second kappa shape index (κ2) is 59.8. The number of phosphoric ester groups is 2. The largest absolute Gasteiger partial charge is 0.472 e. The van der Waals surface area contributed by atoms with Crippen LogP contribution in [0.1, 0.15) is 318 Å².